The van der Waals surface area contributed by atoms with Crippen molar-refractivity contribution in [2.45, 2.75) is 37.5 Å². The van der Waals surface area contributed by atoms with Crippen molar-refractivity contribution in [2.75, 3.05) is 33.3 Å². The van der Waals surface area contributed by atoms with Crippen LogP contribution in [0.15, 0.2) is 24.8 Å². The van der Waals surface area contributed by atoms with Crippen molar-refractivity contribution >= 4 is 17.0 Å². The van der Waals surface area contributed by atoms with Crippen LogP contribution in [-0.4, -0.2) is 81.1 Å². The number of fused-ring (bicyclic) bond motifs is 1. The molecule has 1 aliphatic rings. The maximum absolute atomic E-state index is 10.4. The van der Waals surface area contributed by atoms with Gasteiger partial charge in [0.05, 0.1) is 40.3 Å². The van der Waals surface area contributed by atoms with Crippen LogP contribution in [0.4, 0.5) is 5.82 Å². The first kappa shape index (κ1) is 23.0. The van der Waals surface area contributed by atoms with E-state index in [9.17, 15) is 15.3 Å². The molecule has 4 rings (SSSR count). The Hall–Kier alpha value is -3.19. The zero-order chi connectivity index (χ0) is 23.7. The zero-order valence-electron chi connectivity index (χ0n) is 18.7. The van der Waals surface area contributed by atoms with Crippen molar-refractivity contribution in [2.24, 2.45) is 0 Å². The summed E-state index contributed by atoms with van der Waals surface area (Å²) in [6.45, 7) is 1.52. The number of benzene rings is 1. The smallest absolute Gasteiger partial charge is 0.203 e. The molecule has 0 radical (unpaired) electrons. The van der Waals surface area contributed by atoms with Crippen LogP contribution in [0.25, 0.3) is 11.2 Å². The molecule has 0 aliphatic carbocycles. The van der Waals surface area contributed by atoms with E-state index in [1.54, 1.807) is 21.3 Å². The highest BCUT2D eigenvalue weighted by molar-refractivity contribution is 5.83. The number of hydrogen-bond donors (Lipinski definition) is 4. The second-order valence-corrected chi connectivity index (χ2v) is 7.60. The fourth-order valence-corrected chi connectivity index (χ4v) is 3.89. The van der Waals surface area contributed by atoms with Crippen LogP contribution in [0.2, 0.25) is 0 Å². The van der Waals surface area contributed by atoms with Gasteiger partial charge in [-0.3, -0.25) is 4.57 Å². The zero-order valence-corrected chi connectivity index (χ0v) is 18.7. The van der Waals surface area contributed by atoms with Gasteiger partial charge >= 0.3 is 0 Å². The summed E-state index contributed by atoms with van der Waals surface area (Å²) in [5, 5.41) is 33.1. The van der Waals surface area contributed by atoms with Gasteiger partial charge in [-0.1, -0.05) is 0 Å². The van der Waals surface area contributed by atoms with E-state index in [1.165, 1.54) is 17.2 Å². The average Bonchev–Trinajstić information content (AvgIpc) is 3.39. The highest BCUT2D eigenvalue weighted by atomic mass is 16.6. The fraction of sp³-hybridized carbons (Fsp3) is 0.476. The maximum Gasteiger partial charge on any atom is 0.203 e. The van der Waals surface area contributed by atoms with Gasteiger partial charge in [-0.2, -0.15) is 0 Å². The van der Waals surface area contributed by atoms with E-state index in [-0.39, 0.29) is 6.04 Å². The topological polar surface area (TPSA) is 153 Å². The molecule has 1 fully saturated rings. The van der Waals surface area contributed by atoms with E-state index >= 15 is 0 Å². The minimum absolute atomic E-state index is 0.226. The van der Waals surface area contributed by atoms with Crippen molar-refractivity contribution in [1.29, 1.82) is 0 Å². The molecule has 3 aromatic rings. The minimum Gasteiger partial charge on any atom is -0.493 e. The number of aliphatic hydroxyl groups excluding tert-OH is 3. The lowest BCUT2D eigenvalue weighted by atomic mass is 10.1. The van der Waals surface area contributed by atoms with Gasteiger partial charge in [-0.15, -0.1) is 0 Å². The molecule has 12 nitrogen and oxygen atoms in total. The third-order valence-electron chi connectivity index (χ3n) is 5.69. The van der Waals surface area contributed by atoms with Gasteiger partial charge in [0.25, 0.3) is 0 Å². The van der Waals surface area contributed by atoms with E-state index in [4.69, 9.17) is 18.9 Å². The van der Waals surface area contributed by atoms with E-state index in [2.05, 4.69) is 20.3 Å². The van der Waals surface area contributed by atoms with Gasteiger partial charge in [0.15, 0.2) is 34.7 Å². The van der Waals surface area contributed by atoms with Crippen LogP contribution >= 0.6 is 0 Å². The number of methoxy groups -OCH3 is 3. The molecular formula is C21H27N5O7. The van der Waals surface area contributed by atoms with Gasteiger partial charge in [0.2, 0.25) is 5.75 Å². The molecule has 1 aliphatic heterocycles. The molecule has 5 unspecified atom stereocenters. The summed E-state index contributed by atoms with van der Waals surface area (Å²) < 4.78 is 23.4. The number of aromatic nitrogens is 4. The molecule has 0 spiro atoms. The Morgan fingerprint density at radius 3 is 2.33 bits per heavy atom. The number of nitrogens with zero attached hydrogens (tertiary/aromatic N) is 4. The number of aliphatic hydroxyl groups is 3. The summed E-state index contributed by atoms with van der Waals surface area (Å²) >= 11 is 0. The number of anilines is 1. The third kappa shape index (κ3) is 4.02. The molecule has 0 bridgehead atoms. The molecular weight excluding hydrogens is 434 g/mol. The Morgan fingerprint density at radius 2 is 1.76 bits per heavy atom. The molecule has 3 heterocycles. The first-order chi connectivity index (χ1) is 15.9. The first-order valence-corrected chi connectivity index (χ1v) is 10.3. The molecule has 4 N–H and O–H groups in total. The highest BCUT2D eigenvalue weighted by Gasteiger charge is 2.44. The van der Waals surface area contributed by atoms with Crippen LogP contribution in [0.1, 0.15) is 24.8 Å². The van der Waals surface area contributed by atoms with Crippen molar-refractivity contribution in [1.82, 2.24) is 19.5 Å². The highest BCUT2D eigenvalue weighted by Crippen LogP contribution is 2.40. The van der Waals surface area contributed by atoms with Gasteiger partial charge in [0, 0.05) is 0 Å². The quantitative estimate of drug-likeness (QED) is 0.374. The first-order valence-electron chi connectivity index (χ1n) is 10.3. The Kier molecular flexibility index (Phi) is 6.51. The van der Waals surface area contributed by atoms with Gasteiger partial charge in [-0.05, 0) is 24.6 Å². The average molecular weight is 461 g/mol. The normalized spacial score (nSPS) is 23.5. The summed E-state index contributed by atoms with van der Waals surface area (Å²) in [4.78, 5) is 13.0. The molecule has 33 heavy (non-hydrogen) atoms. The SMILES string of the molecule is COc1cc(C(C)Nc2ncnc3c2ncn3C2OC(CO)C(O)C2O)cc(OC)c1OC. The Balaban J connectivity index is 1.64. The number of rotatable bonds is 8. The molecule has 0 amide bonds. The standard InChI is InChI=1S/C21H27N5O7/c1-10(11-5-12(30-2)18(32-4)13(6-11)31-3)25-19-15-20(23-8-22-19)26(9-24-15)21-17(29)16(28)14(7-27)33-21/h5-6,8-10,14,16-17,21,27-29H,7H2,1-4H3,(H,22,23,25). The van der Waals surface area contributed by atoms with Crippen LogP contribution in [-0.2, 0) is 4.74 Å². The maximum atomic E-state index is 10.4. The Labute approximate surface area is 189 Å². The van der Waals surface area contributed by atoms with Gasteiger partial charge in [-0.25, -0.2) is 15.0 Å². The summed E-state index contributed by atoms with van der Waals surface area (Å²) in [5.74, 6) is 2.02. The fourth-order valence-electron chi connectivity index (χ4n) is 3.89. The molecule has 0 saturated carbocycles. The predicted molar refractivity (Wildman–Crippen MR) is 116 cm³/mol. The lowest BCUT2D eigenvalue weighted by Gasteiger charge is -2.19. The van der Waals surface area contributed by atoms with Crippen LogP contribution < -0.4 is 19.5 Å². The van der Waals surface area contributed by atoms with E-state index < -0.39 is 31.1 Å². The van der Waals surface area contributed by atoms with Crippen LogP contribution in [0.3, 0.4) is 0 Å². The number of imidazole rings is 1. The molecule has 5 atom stereocenters. The summed E-state index contributed by atoms with van der Waals surface area (Å²) in [5.41, 5.74) is 1.72. The molecule has 178 valence electrons. The minimum atomic E-state index is -1.25. The predicted octanol–water partition coefficient (Wildman–Crippen LogP) is 0.637. The Bertz CT molecular complexity index is 1100. The number of ether oxygens (including phenoxy) is 4. The van der Waals surface area contributed by atoms with E-state index in [0.717, 1.165) is 5.56 Å². The summed E-state index contributed by atoms with van der Waals surface area (Å²) in [6.07, 6.45) is -1.50. The molecule has 1 saturated heterocycles. The number of nitrogens with one attached hydrogen (secondary N) is 1. The second-order valence-electron chi connectivity index (χ2n) is 7.60. The Morgan fingerprint density at radius 1 is 1.06 bits per heavy atom. The van der Waals surface area contributed by atoms with Gasteiger partial charge in [0.1, 0.15) is 24.6 Å². The van der Waals surface area contributed by atoms with E-state index in [0.29, 0.717) is 34.2 Å². The number of hydrogen-bond acceptors (Lipinski definition) is 11. The van der Waals surface area contributed by atoms with Crippen molar-refractivity contribution in [3.05, 3.63) is 30.4 Å². The summed E-state index contributed by atoms with van der Waals surface area (Å²) in [6, 6.07) is 3.46. The lowest BCUT2D eigenvalue weighted by molar-refractivity contribution is -0.0511. The molecule has 12 heteroatoms. The van der Waals surface area contributed by atoms with Gasteiger partial charge < -0.3 is 39.6 Å². The molecule has 2 aromatic heterocycles. The van der Waals surface area contributed by atoms with E-state index in [1.807, 2.05) is 19.1 Å². The van der Waals surface area contributed by atoms with Crippen molar-refractivity contribution in [3.63, 3.8) is 0 Å². The van der Waals surface area contributed by atoms with Crippen molar-refractivity contribution < 1.29 is 34.3 Å². The molecule has 1 aromatic carbocycles. The monoisotopic (exact) mass is 461 g/mol. The lowest BCUT2D eigenvalue weighted by Crippen LogP contribution is -2.33. The summed E-state index contributed by atoms with van der Waals surface area (Å²) in [7, 11) is 4.65. The third-order valence-corrected chi connectivity index (χ3v) is 5.69. The largest absolute Gasteiger partial charge is 0.493 e. The second kappa shape index (κ2) is 9.35. The van der Waals surface area contributed by atoms with Crippen LogP contribution in [0.5, 0.6) is 17.2 Å². The van der Waals surface area contributed by atoms with Crippen molar-refractivity contribution in [3.8, 4) is 17.2 Å². The van der Waals surface area contributed by atoms with Crippen LogP contribution in [0, 0.1) is 0 Å².